The summed E-state index contributed by atoms with van der Waals surface area (Å²) in [4.78, 5) is 19.3. The van der Waals surface area contributed by atoms with Gasteiger partial charge in [0.05, 0.1) is 13.2 Å². The first-order valence-corrected chi connectivity index (χ1v) is 12.0. The van der Waals surface area contributed by atoms with E-state index in [9.17, 15) is 9.18 Å². The van der Waals surface area contributed by atoms with E-state index in [0.717, 1.165) is 43.8 Å². The van der Waals surface area contributed by atoms with Crippen LogP contribution in [-0.4, -0.2) is 43.9 Å². The third-order valence-electron chi connectivity index (χ3n) is 6.04. The number of methoxy groups -OCH3 is 1. The van der Waals surface area contributed by atoms with Crippen molar-refractivity contribution < 1.29 is 18.7 Å². The molecule has 3 N–H and O–H groups in total. The number of pyridine rings is 1. The lowest BCUT2D eigenvalue weighted by atomic mass is 9.93. The Balaban J connectivity index is 2.00. The molecule has 1 atom stereocenters. The molecule has 8 heteroatoms. The Hall–Kier alpha value is -2.71. The van der Waals surface area contributed by atoms with E-state index in [-0.39, 0.29) is 29.6 Å². The van der Waals surface area contributed by atoms with Crippen LogP contribution < -0.4 is 16.0 Å². The molecule has 1 aliphatic rings. The second-order valence-electron chi connectivity index (χ2n) is 9.60. The van der Waals surface area contributed by atoms with Crippen LogP contribution in [0.4, 0.5) is 21.6 Å². The summed E-state index contributed by atoms with van der Waals surface area (Å²) in [6.45, 7) is 10.7. The molecule has 0 aliphatic carbocycles. The highest BCUT2D eigenvalue weighted by Gasteiger charge is 2.29. The topological polar surface area (TPSA) is 89.7 Å². The van der Waals surface area contributed by atoms with Crippen molar-refractivity contribution in [2.75, 3.05) is 37.0 Å². The molecule has 3 rings (SSSR count). The molecule has 34 heavy (non-hydrogen) atoms. The summed E-state index contributed by atoms with van der Waals surface area (Å²) in [5.74, 6) is 0.248. The van der Waals surface area contributed by atoms with Gasteiger partial charge in [0.2, 0.25) is 0 Å². The Morgan fingerprint density at radius 1 is 1.21 bits per heavy atom. The van der Waals surface area contributed by atoms with E-state index in [0.29, 0.717) is 17.4 Å². The van der Waals surface area contributed by atoms with Gasteiger partial charge in [-0.2, -0.15) is 0 Å². The monoisotopic (exact) mass is 472 g/mol. The first-order chi connectivity index (χ1) is 16.2. The van der Waals surface area contributed by atoms with Crippen molar-refractivity contribution in [1.29, 1.82) is 0 Å². The standard InChI is InChI=1S/C26H37FN4O3/c1-16(2)15-34-20-10-12-31(13-11-20)22-14-21(26(32)33-5)30-25(23(22)24(28)17(3)4)29-19-8-6-18(27)7-9-19/h6-9,14,16-17,20,24H,10-13,15,28H2,1-5H3,(H,29,30). The van der Waals surface area contributed by atoms with Gasteiger partial charge in [0.25, 0.3) is 0 Å². The van der Waals surface area contributed by atoms with Crippen LogP contribution in [0.3, 0.4) is 0 Å². The van der Waals surface area contributed by atoms with E-state index in [2.05, 4.69) is 42.9 Å². The molecular weight excluding hydrogens is 435 g/mol. The predicted octanol–water partition coefficient (Wildman–Crippen LogP) is 5.05. The molecular formula is C26H37FN4O3. The van der Waals surface area contributed by atoms with Gasteiger partial charge in [-0.3, -0.25) is 0 Å². The van der Waals surface area contributed by atoms with E-state index >= 15 is 0 Å². The largest absolute Gasteiger partial charge is 0.464 e. The van der Waals surface area contributed by atoms with Crippen LogP contribution in [0.2, 0.25) is 0 Å². The molecule has 1 aliphatic heterocycles. The highest BCUT2D eigenvalue weighted by atomic mass is 19.1. The minimum Gasteiger partial charge on any atom is -0.464 e. The van der Waals surface area contributed by atoms with Crippen LogP contribution in [-0.2, 0) is 9.47 Å². The molecule has 0 amide bonds. The van der Waals surface area contributed by atoms with Crippen molar-refractivity contribution in [3.8, 4) is 0 Å². The van der Waals surface area contributed by atoms with Crippen molar-refractivity contribution in [3.05, 3.63) is 47.4 Å². The first-order valence-electron chi connectivity index (χ1n) is 12.0. The number of carbonyl (C=O) groups is 1. The summed E-state index contributed by atoms with van der Waals surface area (Å²) in [7, 11) is 1.34. The number of rotatable bonds is 9. The number of nitrogens with two attached hydrogens (primary N) is 1. The van der Waals surface area contributed by atoms with Crippen LogP contribution >= 0.6 is 0 Å². The molecule has 1 unspecified atom stereocenters. The number of piperidine rings is 1. The number of benzene rings is 1. The number of esters is 1. The van der Waals surface area contributed by atoms with Gasteiger partial charge >= 0.3 is 5.97 Å². The average Bonchev–Trinajstić information content (AvgIpc) is 2.83. The summed E-state index contributed by atoms with van der Waals surface area (Å²) in [6, 6.07) is 7.45. The molecule has 186 valence electrons. The summed E-state index contributed by atoms with van der Waals surface area (Å²) in [5, 5.41) is 3.26. The van der Waals surface area contributed by atoms with Gasteiger partial charge in [0, 0.05) is 42.7 Å². The molecule has 1 aromatic heterocycles. The van der Waals surface area contributed by atoms with Crippen molar-refractivity contribution >= 4 is 23.2 Å². The van der Waals surface area contributed by atoms with Crippen molar-refractivity contribution in [3.63, 3.8) is 0 Å². The maximum absolute atomic E-state index is 13.5. The summed E-state index contributed by atoms with van der Waals surface area (Å²) in [6.07, 6.45) is 2.00. The quantitative estimate of drug-likeness (QED) is 0.494. The van der Waals surface area contributed by atoms with E-state index < -0.39 is 5.97 Å². The van der Waals surface area contributed by atoms with E-state index in [4.69, 9.17) is 15.2 Å². The molecule has 1 aromatic carbocycles. The van der Waals surface area contributed by atoms with Gasteiger partial charge in [0.15, 0.2) is 5.69 Å². The summed E-state index contributed by atoms with van der Waals surface area (Å²) >= 11 is 0. The average molecular weight is 473 g/mol. The van der Waals surface area contributed by atoms with Gasteiger partial charge in [-0.15, -0.1) is 0 Å². The lowest BCUT2D eigenvalue weighted by Gasteiger charge is -2.36. The third kappa shape index (κ3) is 6.45. The number of hydrogen-bond donors (Lipinski definition) is 2. The fourth-order valence-corrected chi connectivity index (χ4v) is 4.03. The number of nitrogens with zero attached hydrogens (tertiary/aromatic N) is 2. The Morgan fingerprint density at radius 3 is 2.41 bits per heavy atom. The van der Waals surface area contributed by atoms with Gasteiger partial charge in [-0.25, -0.2) is 14.2 Å². The van der Waals surface area contributed by atoms with Crippen molar-refractivity contribution in [2.45, 2.75) is 52.7 Å². The highest BCUT2D eigenvalue weighted by molar-refractivity contribution is 5.90. The lowest BCUT2D eigenvalue weighted by molar-refractivity contribution is 0.0215. The number of nitrogens with one attached hydrogen (secondary N) is 1. The Bertz CT molecular complexity index is 957. The SMILES string of the molecule is COC(=O)c1cc(N2CCC(OCC(C)C)CC2)c(C(N)C(C)C)c(Nc2ccc(F)cc2)n1. The molecule has 1 fully saturated rings. The molecule has 0 bridgehead atoms. The molecule has 0 spiro atoms. The molecule has 1 saturated heterocycles. The third-order valence-corrected chi connectivity index (χ3v) is 6.04. The van der Waals surface area contributed by atoms with Crippen LogP contribution in [0.25, 0.3) is 0 Å². The number of ether oxygens (including phenoxy) is 2. The Kier molecular flexibility index (Phi) is 8.85. The van der Waals surface area contributed by atoms with Crippen LogP contribution in [0, 0.1) is 17.7 Å². The Labute approximate surface area is 201 Å². The van der Waals surface area contributed by atoms with Crippen LogP contribution in [0.1, 0.15) is 62.6 Å². The number of hydrogen-bond acceptors (Lipinski definition) is 7. The molecule has 0 saturated carbocycles. The smallest absolute Gasteiger partial charge is 0.356 e. The molecule has 2 heterocycles. The number of aromatic nitrogens is 1. The minimum atomic E-state index is -0.525. The van der Waals surface area contributed by atoms with Gasteiger partial charge in [-0.1, -0.05) is 27.7 Å². The second-order valence-corrected chi connectivity index (χ2v) is 9.60. The fourth-order valence-electron chi connectivity index (χ4n) is 4.03. The number of halogens is 1. The fraction of sp³-hybridized carbons (Fsp3) is 0.538. The lowest BCUT2D eigenvalue weighted by Crippen LogP contribution is -2.39. The maximum Gasteiger partial charge on any atom is 0.356 e. The second kappa shape index (κ2) is 11.6. The maximum atomic E-state index is 13.5. The van der Waals surface area contributed by atoms with Gasteiger partial charge < -0.3 is 25.4 Å². The zero-order valence-corrected chi connectivity index (χ0v) is 20.8. The van der Waals surface area contributed by atoms with Crippen molar-refractivity contribution in [2.24, 2.45) is 17.6 Å². The van der Waals surface area contributed by atoms with Crippen LogP contribution in [0.5, 0.6) is 0 Å². The molecule has 7 nitrogen and oxygen atoms in total. The highest BCUT2D eigenvalue weighted by Crippen LogP contribution is 2.38. The van der Waals surface area contributed by atoms with E-state index in [1.807, 2.05) is 0 Å². The summed E-state index contributed by atoms with van der Waals surface area (Å²) in [5.41, 5.74) is 9.22. The first kappa shape index (κ1) is 25.9. The van der Waals surface area contributed by atoms with E-state index in [1.54, 1.807) is 18.2 Å². The predicted molar refractivity (Wildman–Crippen MR) is 133 cm³/mol. The molecule has 2 aromatic rings. The van der Waals surface area contributed by atoms with Gasteiger partial charge in [0.1, 0.15) is 11.6 Å². The number of carbonyl (C=O) groups excluding carboxylic acids is 1. The summed E-state index contributed by atoms with van der Waals surface area (Å²) < 4.78 is 24.5. The Morgan fingerprint density at radius 2 is 1.85 bits per heavy atom. The van der Waals surface area contributed by atoms with Gasteiger partial charge in [-0.05, 0) is 55.0 Å². The molecule has 0 radical (unpaired) electrons. The van der Waals surface area contributed by atoms with Crippen molar-refractivity contribution in [1.82, 2.24) is 4.98 Å². The minimum absolute atomic E-state index is 0.130. The number of anilines is 3. The van der Waals surface area contributed by atoms with E-state index in [1.165, 1.54) is 19.2 Å². The normalized spacial score (nSPS) is 15.6. The zero-order valence-electron chi connectivity index (χ0n) is 20.8. The zero-order chi connectivity index (χ0) is 24.8. The van der Waals surface area contributed by atoms with Crippen LogP contribution in [0.15, 0.2) is 30.3 Å².